The Morgan fingerprint density at radius 1 is 0.964 bits per heavy atom. The van der Waals surface area contributed by atoms with Gasteiger partial charge in [-0.15, -0.1) is 0 Å². The second-order valence-electron chi connectivity index (χ2n) is 6.71. The highest BCUT2D eigenvalue weighted by atomic mass is 16.5. The zero-order valence-corrected chi connectivity index (χ0v) is 16.0. The maximum atomic E-state index is 13.3. The number of amides is 2. The monoisotopic (exact) mass is 378 g/mol. The van der Waals surface area contributed by atoms with Gasteiger partial charge in [0.1, 0.15) is 11.4 Å². The van der Waals surface area contributed by atoms with E-state index in [1.807, 2.05) is 41.3 Å². The highest BCUT2D eigenvalue weighted by Gasteiger charge is 2.43. The molecule has 6 heteroatoms. The maximum absolute atomic E-state index is 13.3. The lowest BCUT2D eigenvalue weighted by Gasteiger charge is -2.22. The fourth-order valence-electron chi connectivity index (χ4n) is 3.86. The molecule has 0 radical (unpaired) electrons. The molecule has 0 saturated heterocycles. The number of carbonyl (C=O) groups excluding carboxylic acids is 2. The van der Waals surface area contributed by atoms with E-state index in [0.29, 0.717) is 35.7 Å². The Labute approximate surface area is 164 Å². The third kappa shape index (κ3) is 2.86. The summed E-state index contributed by atoms with van der Waals surface area (Å²) in [5.74, 6) is -0.0391. The fourth-order valence-corrected chi connectivity index (χ4v) is 3.86. The van der Waals surface area contributed by atoms with Gasteiger partial charge in [0, 0.05) is 24.9 Å². The molecule has 2 heterocycles. The molecule has 0 aromatic heterocycles. The van der Waals surface area contributed by atoms with Gasteiger partial charge in [0.25, 0.3) is 11.8 Å². The third-order valence-electron chi connectivity index (χ3n) is 5.20. The van der Waals surface area contributed by atoms with Gasteiger partial charge >= 0.3 is 0 Å². The molecular formula is C22H22N2O4. The lowest BCUT2D eigenvalue weighted by atomic mass is 10.0. The van der Waals surface area contributed by atoms with E-state index in [0.717, 1.165) is 12.1 Å². The quantitative estimate of drug-likeness (QED) is 0.723. The first-order chi connectivity index (χ1) is 13.7. The number of methoxy groups -OCH3 is 2. The summed E-state index contributed by atoms with van der Waals surface area (Å²) < 4.78 is 10.6. The summed E-state index contributed by atoms with van der Waals surface area (Å²) in [4.78, 5) is 29.8. The number of benzene rings is 2. The summed E-state index contributed by atoms with van der Waals surface area (Å²) >= 11 is 0. The molecule has 144 valence electrons. The van der Waals surface area contributed by atoms with E-state index in [2.05, 4.69) is 6.07 Å². The SMILES string of the molecule is COCCN1C(=O)C(c2ccccc2OC)=C(N2CCc3ccccc32)C1=O. The van der Waals surface area contributed by atoms with E-state index >= 15 is 0 Å². The van der Waals surface area contributed by atoms with Crippen LogP contribution in [0, 0.1) is 0 Å². The highest BCUT2D eigenvalue weighted by molar-refractivity contribution is 6.37. The summed E-state index contributed by atoms with van der Waals surface area (Å²) in [6, 6.07) is 15.3. The van der Waals surface area contributed by atoms with Crippen molar-refractivity contribution >= 4 is 23.1 Å². The minimum Gasteiger partial charge on any atom is -0.496 e. The summed E-state index contributed by atoms with van der Waals surface area (Å²) in [5.41, 5.74) is 3.57. The van der Waals surface area contributed by atoms with Crippen molar-refractivity contribution in [3.8, 4) is 5.75 Å². The van der Waals surface area contributed by atoms with Crippen LogP contribution in [0.15, 0.2) is 54.2 Å². The molecule has 0 fully saturated rings. The molecule has 2 aliphatic heterocycles. The average molecular weight is 378 g/mol. The van der Waals surface area contributed by atoms with Crippen LogP contribution < -0.4 is 9.64 Å². The predicted molar refractivity (Wildman–Crippen MR) is 106 cm³/mol. The first kappa shape index (κ1) is 18.3. The van der Waals surface area contributed by atoms with Crippen LogP contribution in [0.5, 0.6) is 5.75 Å². The number of rotatable bonds is 6. The molecular weight excluding hydrogens is 356 g/mol. The number of imide groups is 1. The molecule has 2 aliphatic rings. The number of fused-ring (bicyclic) bond motifs is 1. The van der Waals surface area contributed by atoms with E-state index in [4.69, 9.17) is 9.47 Å². The molecule has 28 heavy (non-hydrogen) atoms. The summed E-state index contributed by atoms with van der Waals surface area (Å²) in [6.07, 6.45) is 0.832. The highest BCUT2D eigenvalue weighted by Crippen LogP contribution is 2.40. The summed E-state index contributed by atoms with van der Waals surface area (Å²) in [5, 5.41) is 0. The Bertz CT molecular complexity index is 967. The molecule has 0 bridgehead atoms. The van der Waals surface area contributed by atoms with Gasteiger partial charge in [0.15, 0.2) is 0 Å². The molecule has 0 aliphatic carbocycles. The Morgan fingerprint density at radius 3 is 2.50 bits per heavy atom. The van der Waals surface area contributed by atoms with Crippen molar-refractivity contribution in [3.63, 3.8) is 0 Å². The molecule has 2 aromatic carbocycles. The van der Waals surface area contributed by atoms with Crippen molar-refractivity contribution in [2.24, 2.45) is 0 Å². The first-order valence-corrected chi connectivity index (χ1v) is 9.25. The third-order valence-corrected chi connectivity index (χ3v) is 5.20. The molecule has 0 saturated carbocycles. The normalized spacial score (nSPS) is 16.2. The topological polar surface area (TPSA) is 59.1 Å². The summed E-state index contributed by atoms with van der Waals surface area (Å²) in [6.45, 7) is 1.16. The van der Waals surface area contributed by atoms with Gasteiger partial charge in [-0.2, -0.15) is 0 Å². The number of nitrogens with zero attached hydrogens (tertiary/aromatic N) is 2. The lowest BCUT2D eigenvalue weighted by Crippen LogP contribution is -2.37. The largest absolute Gasteiger partial charge is 0.496 e. The zero-order valence-electron chi connectivity index (χ0n) is 16.0. The van der Waals surface area contributed by atoms with Crippen LogP contribution in [0.3, 0.4) is 0 Å². The van der Waals surface area contributed by atoms with Gasteiger partial charge in [-0.25, -0.2) is 0 Å². The number of hydrogen-bond acceptors (Lipinski definition) is 5. The van der Waals surface area contributed by atoms with Gasteiger partial charge in [-0.3, -0.25) is 14.5 Å². The molecule has 0 spiro atoms. The van der Waals surface area contributed by atoms with Crippen LogP contribution >= 0.6 is 0 Å². The Kier molecular flexibility index (Phi) is 4.88. The van der Waals surface area contributed by atoms with Crippen molar-refractivity contribution in [2.45, 2.75) is 6.42 Å². The number of anilines is 1. The smallest absolute Gasteiger partial charge is 0.278 e. The van der Waals surface area contributed by atoms with E-state index in [-0.39, 0.29) is 18.4 Å². The molecule has 4 rings (SSSR count). The molecule has 0 unspecified atom stereocenters. The van der Waals surface area contributed by atoms with Crippen molar-refractivity contribution in [1.29, 1.82) is 0 Å². The summed E-state index contributed by atoms with van der Waals surface area (Å²) in [7, 11) is 3.12. The predicted octanol–water partition coefficient (Wildman–Crippen LogP) is 2.48. The second-order valence-corrected chi connectivity index (χ2v) is 6.71. The minimum absolute atomic E-state index is 0.214. The zero-order chi connectivity index (χ0) is 19.7. The minimum atomic E-state index is -0.314. The van der Waals surface area contributed by atoms with Crippen LogP contribution in [0.1, 0.15) is 11.1 Å². The fraction of sp³-hybridized carbons (Fsp3) is 0.273. The van der Waals surface area contributed by atoms with Crippen LogP contribution in [0.25, 0.3) is 5.57 Å². The Hall–Kier alpha value is -3.12. The molecule has 0 N–H and O–H groups in total. The van der Waals surface area contributed by atoms with Crippen molar-refractivity contribution in [3.05, 3.63) is 65.4 Å². The standard InChI is InChI=1S/C22H22N2O4/c1-27-14-13-24-21(25)19(16-8-4-6-10-18(16)28-2)20(22(24)26)23-12-11-15-7-3-5-9-17(15)23/h3-10H,11-14H2,1-2H3. The molecule has 6 nitrogen and oxygen atoms in total. The second kappa shape index (κ2) is 7.48. The van der Waals surface area contributed by atoms with E-state index in [1.165, 1.54) is 10.5 Å². The Morgan fingerprint density at radius 2 is 1.71 bits per heavy atom. The van der Waals surface area contributed by atoms with Crippen molar-refractivity contribution < 1.29 is 19.1 Å². The number of ether oxygens (including phenoxy) is 2. The van der Waals surface area contributed by atoms with Crippen molar-refractivity contribution in [2.75, 3.05) is 38.8 Å². The van der Waals surface area contributed by atoms with Crippen LogP contribution in [-0.4, -0.2) is 50.6 Å². The number of hydrogen-bond donors (Lipinski definition) is 0. The first-order valence-electron chi connectivity index (χ1n) is 9.25. The van der Waals surface area contributed by atoms with Crippen LogP contribution in [0.4, 0.5) is 5.69 Å². The van der Waals surface area contributed by atoms with Gasteiger partial charge in [-0.05, 0) is 24.1 Å². The van der Waals surface area contributed by atoms with Gasteiger partial charge in [-0.1, -0.05) is 36.4 Å². The number of carbonyl (C=O) groups is 2. The molecule has 2 aromatic rings. The van der Waals surface area contributed by atoms with E-state index in [9.17, 15) is 9.59 Å². The van der Waals surface area contributed by atoms with Gasteiger partial charge in [0.2, 0.25) is 0 Å². The number of para-hydroxylation sites is 2. The van der Waals surface area contributed by atoms with E-state index < -0.39 is 0 Å². The van der Waals surface area contributed by atoms with E-state index in [1.54, 1.807) is 20.3 Å². The van der Waals surface area contributed by atoms with Gasteiger partial charge < -0.3 is 14.4 Å². The molecule has 2 amide bonds. The van der Waals surface area contributed by atoms with Crippen LogP contribution in [-0.2, 0) is 20.7 Å². The lowest BCUT2D eigenvalue weighted by molar-refractivity contribution is -0.137. The average Bonchev–Trinajstić information content (AvgIpc) is 3.25. The van der Waals surface area contributed by atoms with Crippen molar-refractivity contribution in [1.82, 2.24) is 4.90 Å². The van der Waals surface area contributed by atoms with Crippen LogP contribution in [0.2, 0.25) is 0 Å². The maximum Gasteiger partial charge on any atom is 0.278 e. The van der Waals surface area contributed by atoms with Gasteiger partial charge in [0.05, 0.1) is 25.8 Å². The Balaban J connectivity index is 1.88. The molecule has 0 atom stereocenters.